The Hall–Kier alpha value is -0.470. The minimum absolute atomic E-state index is 0.109. The van der Waals surface area contributed by atoms with Crippen LogP contribution in [0.25, 0.3) is 0 Å². The number of hydrogen-bond donors (Lipinski definition) is 1. The predicted molar refractivity (Wildman–Crippen MR) is 73.0 cm³/mol. The summed E-state index contributed by atoms with van der Waals surface area (Å²) in [5, 5.41) is 9.74. The van der Waals surface area contributed by atoms with Crippen LogP contribution in [0.4, 0.5) is 0 Å². The van der Waals surface area contributed by atoms with Crippen molar-refractivity contribution in [1.82, 2.24) is 0 Å². The summed E-state index contributed by atoms with van der Waals surface area (Å²) < 4.78 is 0. The lowest BCUT2D eigenvalue weighted by atomic mass is 10.1. The first-order valence-electron chi connectivity index (χ1n) is 6.12. The zero-order valence-electron chi connectivity index (χ0n) is 10.1. The van der Waals surface area contributed by atoms with Gasteiger partial charge in [0.15, 0.2) is 0 Å². The number of aryl methyl sites for hydroxylation is 1. The normalized spacial score (nSPS) is 12.6. The van der Waals surface area contributed by atoms with Crippen LogP contribution >= 0.6 is 11.8 Å². The molecule has 1 N–H and O–H groups in total. The van der Waals surface area contributed by atoms with Crippen LogP contribution in [-0.4, -0.2) is 22.7 Å². The fourth-order valence-corrected chi connectivity index (χ4v) is 2.42. The lowest BCUT2D eigenvalue weighted by Crippen LogP contribution is -2.08. The highest BCUT2D eigenvalue weighted by molar-refractivity contribution is 7.99. The second-order valence-corrected chi connectivity index (χ2v) is 5.41. The lowest BCUT2D eigenvalue weighted by molar-refractivity contribution is 0.159. The van der Waals surface area contributed by atoms with E-state index < -0.39 is 0 Å². The summed E-state index contributed by atoms with van der Waals surface area (Å²) in [4.78, 5) is 0. The zero-order valence-corrected chi connectivity index (χ0v) is 10.9. The van der Waals surface area contributed by atoms with Crippen molar-refractivity contribution in [3.05, 3.63) is 35.9 Å². The molecule has 0 spiro atoms. The first-order valence-corrected chi connectivity index (χ1v) is 7.28. The lowest BCUT2D eigenvalue weighted by Gasteiger charge is -2.09. The van der Waals surface area contributed by atoms with Gasteiger partial charge in [-0.3, -0.25) is 0 Å². The average Bonchev–Trinajstić information content (AvgIpc) is 2.31. The fourth-order valence-electron chi connectivity index (χ4n) is 1.69. The second kappa shape index (κ2) is 8.66. The van der Waals surface area contributed by atoms with E-state index in [4.69, 9.17) is 0 Å². The summed E-state index contributed by atoms with van der Waals surface area (Å²) in [6, 6.07) is 10.5. The first-order chi connectivity index (χ1) is 7.83. The molecule has 1 unspecified atom stereocenters. The molecule has 0 heterocycles. The van der Waals surface area contributed by atoms with Gasteiger partial charge in [0.25, 0.3) is 0 Å². The highest BCUT2D eigenvalue weighted by atomic mass is 32.2. The minimum Gasteiger partial charge on any atom is -0.393 e. The first kappa shape index (κ1) is 13.6. The molecule has 1 aromatic rings. The molecule has 0 aromatic heterocycles. The Bertz CT molecular complexity index is 261. The molecule has 16 heavy (non-hydrogen) atoms. The second-order valence-electron chi connectivity index (χ2n) is 4.02. The van der Waals surface area contributed by atoms with Gasteiger partial charge >= 0.3 is 0 Å². The van der Waals surface area contributed by atoms with Gasteiger partial charge in [0.1, 0.15) is 0 Å². The van der Waals surface area contributed by atoms with E-state index in [1.165, 1.54) is 5.56 Å². The Morgan fingerprint density at radius 1 is 1.19 bits per heavy atom. The van der Waals surface area contributed by atoms with Gasteiger partial charge in [0, 0.05) is 0 Å². The molecule has 0 fully saturated rings. The standard InChI is InChI=1S/C14H22OS/c1-2-16-12-11-14(15)10-6-9-13-7-4-3-5-8-13/h3-5,7-8,14-15H,2,6,9-12H2,1H3. The molecule has 0 saturated carbocycles. The third-order valence-corrected chi connectivity index (χ3v) is 3.58. The number of rotatable bonds is 8. The van der Waals surface area contributed by atoms with E-state index in [2.05, 4.69) is 31.2 Å². The highest BCUT2D eigenvalue weighted by Gasteiger charge is 2.03. The van der Waals surface area contributed by atoms with E-state index in [-0.39, 0.29) is 6.10 Å². The molecule has 1 nitrogen and oxygen atoms in total. The molecule has 0 saturated heterocycles. The largest absolute Gasteiger partial charge is 0.393 e. The molecule has 1 atom stereocenters. The van der Waals surface area contributed by atoms with Gasteiger partial charge in [-0.05, 0) is 42.8 Å². The topological polar surface area (TPSA) is 20.2 Å². The minimum atomic E-state index is -0.109. The number of benzene rings is 1. The summed E-state index contributed by atoms with van der Waals surface area (Å²) >= 11 is 1.91. The molecule has 0 aliphatic rings. The van der Waals surface area contributed by atoms with E-state index in [1.54, 1.807) is 0 Å². The quantitative estimate of drug-likeness (QED) is 0.699. The molecule has 1 rings (SSSR count). The van der Waals surface area contributed by atoms with E-state index in [1.807, 2.05) is 17.8 Å². The maximum absolute atomic E-state index is 9.74. The summed E-state index contributed by atoms with van der Waals surface area (Å²) in [5.41, 5.74) is 1.37. The highest BCUT2D eigenvalue weighted by Crippen LogP contribution is 2.11. The molecule has 2 heteroatoms. The summed E-state index contributed by atoms with van der Waals surface area (Å²) in [6.45, 7) is 2.16. The van der Waals surface area contributed by atoms with Gasteiger partial charge in [-0.25, -0.2) is 0 Å². The molecule has 0 aliphatic heterocycles. The van der Waals surface area contributed by atoms with Gasteiger partial charge in [0.05, 0.1) is 6.10 Å². The summed E-state index contributed by atoms with van der Waals surface area (Å²) in [6.07, 6.45) is 3.93. The van der Waals surface area contributed by atoms with Gasteiger partial charge in [-0.15, -0.1) is 0 Å². The van der Waals surface area contributed by atoms with Crippen LogP contribution in [0.3, 0.4) is 0 Å². The van der Waals surface area contributed by atoms with Crippen LogP contribution in [-0.2, 0) is 6.42 Å². The van der Waals surface area contributed by atoms with Crippen LogP contribution in [0, 0.1) is 0 Å². The van der Waals surface area contributed by atoms with E-state index >= 15 is 0 Å². The molecule has 1 aromatic carbocycles. The third kappa shape index (κ3) is 6.19. The van der Waals surface area contributed by atoms with Crippen molar-refractivity contribution in [3.63, 3.8) is 0 Å². The number of hydrogen-bond acceptors (Lipinski definition) is 2. The van der Waals surface area contributed by atoms with E-state index in [9.17, 15) is 5.11 Å². The Morgan fingerprint density at radius 3 is 2.62 bits per heavy atom. The fraction of sp³-hybridized carbons (Fsp3) is 0.571. The third-order valence-electron chi connectivity index (χ3n) is 2.65. The Balaban J connectivity index is 2.06. The number of thioether (sulfide) groups is 1. The van der Waals surface area contributed by atoms with E-state index in [0.717, 1.165) is 37.2 Å². The van der Waals surface area contributed by atoms with Crippen LogP contribution in [0.15, 0.2) is 30.3 Å². The predicted octanol–water partition coefficient (Wildman–Crippen LogP) is 3.51. The maximum Gasteiger partial charge on any atom is 0.0548 e. The Labute approximate surface area is 103 Å². The van der Waals surface area contributed by atoms with Crippen molar-refractivity contribution in [3.8, 4) is 0 Å². The number of aliphatic hydroxyl groups excluding tert-OH is 1. The van der Waals surface area contributed by atoms with Crippen LogP contribution in [0.2, 0.25) is 0 Å². The van der Waals surface area contributed by atoms with Crippen molar-refractivity contribution in [2.45, 2.75) is 38.7 Å². The smallest absolute Gasteiger partial charge is 0.0548 e. The monoisotopic (exact) mass is 238 g/mol. The van der Waals surface area contributed by atoms with Crippen molar-refractivity contribution in [2.24, 2.45) is 0 Å². The number of aliphatic hydroxyl groups is 1. The van der Waals surface area contributed by atoms with E-state index in [0.29, 0.717) is 0 Å². The summed E-state index contributed by atoms with van der Waals surface area (Å²) in [5.74, 6) is 2.24. The van der Waals surface area contributed by atoms with Crippen molar-refractivity contribution >= 4 is 11.8 Å². The summed E-state index contributed by atoms with van der Waals surface area (Å²) in [7, 11) is 0. The van der Waals surface area contributed by atoms with Crippen molar-refractivity contribution in [2.75, 3.05) is 11.5 Å². The molecular weight excluding hydrogens is 216 g/mol. The molecule has 0 bridgehead atoms. The molecule has 0 radical (unpaired) electrons. The van der Waals surface area contributed by atoms with Crippen molar-refractivity contribution in [1.29, 1.82) is 0 Å². The molecule has 0 aliphatic carbocycles. The molecule has 0 amide bonds. The Kier molecular flexibility index (Phi) is 7.35. The van der Waals surface area contributed by atoms with Crippen LogP contribution < -0.4 is 0 Å². The van der Waals surface area contributed by atoms with Gasteiger partial charge < -0.3 is 5.11 Å². The van der Waals surface area contributed by atoms with Gasteiger partial charge in [-0.2, -0.15) is 11.8 Å². The zero-order chi connectivity index (χ0) is 11.6. The van der Waals surface area contributed by atoms with Crippen molar-refractivity contribution < 1.29 is 5.11 Å². The Morgan fingerprint density at radius 2 is 1.94 bits per heavy atom. The van der Waals surface area contributed by atoms with Gasteiger partial charge in [0.2, 0.25) is 0 Å². The average molecular weight is 238 g/mol. The molecular formula is C14H22OS. The van der Waals surface area contributed by atoms with Gasteiger partial charge in [-0.1, -0.05) is 37.3 Å². The maximum atomic E-state index is 9.74. The van der Waals surface area contributed by atoms with Crippen LogP contribution in [0.5, 0.6) is 0 Å². The van der Waals surface area contributed by atoms with Crippen LogP contribution in [0.1, 0.15) is 31.7 Å². The SMILES string of the molecule is CCSCCC(O)CCCc1ccccc1. The molecule has 90 valence electrons.